The minimum Gasteiger partial charge on any atom is -0.395 e. The van der Waals surface area contributed by atoms with E-state index in [2.05, 4.69) is 13.8 Å². The molecular formula is C15H22ClNO2S. The molecule has 1 aromatic rings. The van der Waals surface area contributed by atoms with Crippen LogP contribution in [0.3, 0.4) is 0 Å². The Hall–Kier alpha value is -0.710. The Morgan fingerprint density at radius 2 is 2.00 bits per heavy atom. The Balaban J connectivity index is 2.64. The third kappa shape index (κ3) is 5.00. The Kier molecular flexibility index (Phi) is 8.04. The molecule has 0 aromatic heterocycles. The van der Waals surface area contributed by atoms with Gasteiger partial charge in [0.1, 0.15) is 0 Å². The molecular weight excluding hydrogens is 294 g/mol. The molecule has 0 spiro atoms. The Morgan fingerprint density at radius 1 is 1.35 bits per heavy atom. The fourth-order valence-electron chi connectivity index (χ4n) is 2.13. The van der Waals surface area contributed by atoms with Gasteiger partial charge in [0, 0.05) is 17.5 Å². The van der Waals surface area contributed by atoms with E-state index >= 15 is 0 Å². The highest BCUT2D eigenvalue weighted by molar-refractivity contribution is 8.00. The lowest BCUT2D eigenvalue weighted by molar-refractivity contribution is -0.131. The van der Waals surface area contributed by atoms with Crippen molar-refractivity contribution in [3.05, 3.63) is 29.3 Å². The molecule has 0 aliphatic rings. The molecule has 1 rings (SSSR count). The van der Waals surface area contributed by atoms with Crippen LogP contribution in [-0.2, 0) is 4.79 Å². The summed E-state index contributed by atoms with van der Waals surface area (Å²) < 4.78 is 0. The summed E-state index contributed by atoms with van der Waals surface area (Å²) in [6.45, 7) is 4.52. The average Bonchev–Trinajstić information content (AvgIpc) is 2.46. The predicted octanol–water partition coefficient (Wildman–Crippen LogP) is 3.44. The summed E-state index contributed by atoms with van der Waals surface area (Å²) >= 11 is 7.52. The second kappa shape index (κ2) is 9.27. The van der Waals surface area contributed by atoms with Crippen molar-refractivity contribution in [3.8, 4) is 0 Å². The van der Waals surface area contributed by atoms with Crippen LogP contribution in [0.1, 0.15) is 26.7 Å². The molecule has 5 heteroatoms. The van der Waals surface area contributed by atoms with Crippen molar-refractivity contribution in [3.63, 3.8) is 0 Å². The molecule has 0 saturated heterocycles. The third-order valence-electron chi connectivity index (χ3n) is 3.23. The van der Waals surface area contributed by atoms with Crippen molar-refractivity contribution < 1.29 is 9.90 Å². The molecule has 0 saturated carbocycles. The monoisotopic (exact) mass is 315 g/mol. The quantitative estimate of drug-likeness (QED) is 0.747. The highest BCUT2D eigenvalue weighted by Crippen LogP contribution is 2.27. The van der Waals surface area contributed by atoms with Crippen LogP contribution in [0.2, 0.25) is 5.02 Å². The van der Waals surface area contributed by atoms with Gasteiger partial charge in [-0.25, -0.2) is 0 Å². The molecule has 0 radical (unpaired) electrons. The number of thioether (sulfide) groups is 1. The van der Waals surface area contributed by atoms with E-state index in [1.54, 1.807) is 4.90 Å². The second-order valence-electron chi connectivity index (χ2n) is 4.50. The van der Waals surface area contributed by atoms with Gasteiger partial charge in [-0.1, -0.05) is 37.6 Å². The van der Waals surface area contributed by atoms with E-state index in [0.29, 0.717) is 17.3 Å². The Bertz CT molecular complexity index is 424. The number of hydrogen-bond donors (Lipinski definition) is 1. The zero-order chi connectivity index (χ0) is 15.0. The van der Waals surface area contributed by atoms with Crippen molar-refractivity contribution in [2.24, 2.45) is 0 Å². The van der Waals surface area contributed by atoms with Gasteiger partial charge in [0.25, 0.3) is 0 Å². The normalized spacial score (nSPS) is 10.8. The molecule has 0 bridgehead atoms. The van der Waals surface area contributed by atoms with Crippen LogP contribution in [-0.4, -0.2) is 40.9 Å². The van der Waals surface area contributed by atoms with Crippen LogP contribution >= 0.6 is 23.4 Å². The molecule has 0 unspecified atom stereocenters. The van der Waals surface area contributed by atoms with Gasteiger partial charge in [-0.2, -0.15) is 0 Å². The molecule has 0 aliphatic heterocycles. The van der Waals surface area contributed by atoms with E-state index in [4.69, 9.17) is 16.7 Å². The van der Waals surface area contributed by atoms with Crippen molar-refractivity contribution in [2.75, 3.05) is 18.9 Å². The maximum absolute atomic E-state index is 12.3. The summed E-state index contributed by atoms with van der Waals surface area (Å²) in [5.41, 5.74) is 0. The fraction of sp³-hybridized carbons (Fsp3) is 0.533. The zero-order valence-corrected chi connectivity index (χ0v) is 13.6. The van der Waals surface area contributed by atoms with Gasteiger partial charge in [0.05, 0.1) is 17.4 Å². The first-order valence-electron chi connectivity index (χ1n) is 6.91. The lowest BCUT2D eigenvalue weighted by atomic mass is 10.1. The Morgan fingerprint density at radius 3 is 2.55 bits per heavy atom. The van der Waals surface area contributed by atoms with E-state index in [1.807, 2.05) is 24.3 Å². The lowest BCUT2D eigenvalue weighted by Crippen LogP contribution is -2.42. The van der Waals surface area contributed by atoms with Crippen molar-refractivity contribution in [2.45, 2.75) is 37.6 Å². The summed E-state index contributed by atoms with van der Waals surface area (Å²) in [5.74, 6) is 0.401. The first-order chi connectivity index (χ1) is 9.63. The highest BCUT2D eigenvalue weighted by Gasteiger charge is 2.20. The second-order valence-corrected chi connectivity index (χ2v) is 5.92. The zero-order valence-electron chi connectivity index (χ0n) is 12.0. The van der Waals surface area contributed by atoms with Crippen molar-refractivity contribution >= 4 is 29.3 Å². The predicted molar refractivity (Wildman–Crippen MR) is 85.3 cm³/mol. The standard InChI is InChI=1S/C15H22ClNO2S/c1-3-12(4-2)17(9-10-18)15(19)11-20-14-8-6-5-7-13(14)16/h5-8,12,18H,3-4,9-11H2,1-2H3. The number of carbonyl (C=O) groups is 1. The molecule has 3 nitrogen and oxygen atoms in total. The van der Waals surface area contributed by atoms with Crippen LogP contribution in [0.5, 0.6) is 0 Å². The van der Waals surface area contributed by atoms with E-state index < -0.39 is 0 Å². The van der Waals surface area contributed by atoms with Gasteiger partial charge in [-0.15, -0.1) is 11.8 Å². The summed E-state index contributed by atoms with van der Waals surface area (Å²) in [4.78, 5) is 15.0. The number of benzene rings is 1. The van der Waals surface area contributed by atoms with Crippen molar-refractivity contribution in [1.82, 2.24) is 4.90 Å². The molecule has 1 N–H and O–H groups in total. The number of aliphatic hydroxyl groups excluding tert-OH is 1. The lowest BCUT2D eigenvalue weighted by Gasteiger charge is -2.30. The van der Waals surface area contributed by atoms with E-state index in [-0.39, 0.29) is 18.6 Å². The number of amides is 1. The molecule has 0 atom stereocenters. The number of rotatable bonds is 8. The summed E-state index contributed by atoms with van der Waals surface area (Å²) in [6.07, 6.45) is 1.80. The SMILES string of the molecule is CCC(CC)N(CCO)C(=O)CSc1ccccc1Cl. The van der Waals surface area contributed by atoms with Crippen LogP contribution in [0.15, 0.2) is 29.2 Å². The molecule has 112 valence electrons. The molecule has 0 aliphatic carbocycles. The van der Waals surface area contributed by atoms with E-state index in [9.17, 15) is 4.79 Å². The van der Waals surface area contributed by atoms with Crippen LogP contribution < -0.4 is 0 Å². The largest absolute Gasteiger partial charge is 0.395 e. The molecule has 0 fully saturated rings. The summed E-state index contributed by atoms with van der Waals surface area (Å²) in [7, 11) is 0. The number of halogens is 1. The minimum atomic E-state index is -0.000992. The van der Waals surface area contributed by atoms with Gasteiger partial charge < -0.3 is 10.0 Å². The van der Waals surface area contributed by atoms with Gasteiger partial charge in [-0.3, -0.25) is 4.79 Å². The van der Waals surface area contributed by atoms with Crippen LogP contribution in [0.4, 0.5) is 0 Å². The fourth-order valence-corrected chi connectivity index (χ4v) is 3.26. The summed E-state index contributed by atoms with van der Waals surface area (Å²) in [6, 6.07) is 7.71. The van der Waals surface area contributed by atoms with Crippen molar-refractivity contribution in [1.29, 1.82) is 0 Å². The first kappa shape index (κ1) is 17.3. The first-order valence-corrected chi connectivity index (χ1v) is 8.28. The van der Waals surface area contributed by atoms with Gasteiger partial charge >= 0.3 is 0 Å². The molecule has 20 heavy (non-hydrogen) atoms. The molecule has 1 amide bonds. The molecule has 1 aromatic carbocycles. The van der Waals surface area contributed by atoms with Gasteiger partial charge in [-0.05, 0) is 25.0 Å². The van der Waals surface area contributed by atoms with E-state index in [1.165, 1.54) is 11.8 Å². The number of carbonyl (C=O) groups excluding carboxylic acids is 1. The van der Waals surface area contributed by atoms with E-state index in [0.717, 1.165) is 17.7 Å². The maximum Gasteiger partial charge on any atom is 0.233 e. The van der Waals surface area contributed by atoms with Gasteiger partial charge in [0.2, 0.25) is 5.91 Å². The number of hydrogen-bond acceptors (Lipinski definition) is 3. The maximum atomic E-state index is 12.3. The number of aliphatic hydroxyl groups is 1. The van der Waals surface area contributed by atoms with Crippen LogP contribution in [0, 0.1) is 0 Å². The minimum absolute atomic E-state index is 0.000992. The summed E-state index contributed by atoms with van der Waals surface area (Å²) in [5, 5.41) is 9.80. The highest BCUT2D eigenvalue weighted by atomic mass is 35.5. The average molecular weight is 316 g/mol. The molecule has 0 heterocycles. The van der Waals surface area contributed by atoms with Gasteiger partial charge in [0.15, 0.2) is 0 Å². The Labute approximate surface area is 130 Å². The smallest absolute Gasteiger partial charge is 0.233 e. The third-order valence-corrected chi connectivity index (χ3v) is 4.73. The topological polar surface area (TPSA) is 40.5 Å². The number of nitrogens with zero attached hydrogens (tertiary/aromatic N) is 1. The van der Waals surface area contributed by atoms with Crippen LogP contribution in [0.25, 0.3) is 0 Å².